The second-order valence-corrected chi connectivity index (χ2v) is 9.31. The summed E-state index contributed by atoms with van der Waals surface area (Å²) in [5, 5.41) is 8.19. The molecular weight excluding hydrogens is 376 g/mol. The zero-order chi connectivity index (χ0) is 17.4. The van der Waals surface area contributed by atoms with Crippen LogP contribution in [-0.2, 0) is 6.54 Å². The second-order valence-electron chi connectivity index (χ2n) is 8.46. The lowest BCUT2D eigenvalue weighted by Crippen LogP contribution is -2.54. The normalized spacial score (nSPS) is 31.9. The van der Waals surface area contributed by atoms with Gasteiger partial charge in [0.25, 0.3) is 0 Å². The molecule has 0 aliphatic heterocycles. The van der Waals surface area contributed by atoms with Crippen LogP contribution in [0.25, 0.3) is 11.3 Å². The first-order valence-corrected chi connectivity index (χ1v) is 10.3. The minimum atomic E-state index is 0.298. The zero-order valence-corrected chi connectivity index (χ0v) is 16.7. The highest BCUT2D eigenvalue weighted by atomic mass is 79.9. The van der Waals surface area contributed by atoms with E-state index in [1.807, 2.05) is 18.2 Å². The van der Waals surface area contributed by atoms with Crippen LogP contribution < -0.4 is 5.32 Å². The molecule has 0 radical (unpaired) electrons. The van der Waals surface area contributed by atoms with Gasteiger partial charge >= 0.3 is 0 Å². The molecule has 1 heterocycles. The molecule has 2 saturated carbocycles. The largest absolute Gasteiger partial charge is 0.356 e. The van der Waals surface area contributed by atoms with Crippen molar-refractivity contribution < 1.29 is 4.52 Å². The number of rotatable bonds is 4. The van der Waals surface area contributed by atoms with Gasteiger partial charge in [0.2, 0.25) is 0 Å². The number of benzene rings is 1. The molecule has 4 heteroatoms. The molecule has 1 aromatic carbocycles. The average Bonchev–Trinajstić information content (AvgIpc) is 3.01. The summed E-state index contributed by atoms with van der Waals surface area (Å²) in [6.45, 7) is 5.62. The maximum absolute atomic E-state index is 5.60. The van der Waals surface area contributed by atoms with Crippen LogP contribution in [0, 0.1) is 17.8 Å². The van der Waals surface area contributed by atoms with Crippen LogP contribution >= 0.6 is 15.9 Å². The van der Waals surface area contributed by atoms with E-state index in [2.05, 4.69) is 52.4 Å². The molecule has 0 amide bonds. The third-order valence-corrected chi connectivity index (χ3v) is 6.66. The molecule has 2 fully saturated rings. The Labute approximate surface area is 158 Å². The molecule has 0 saturated heterocycles. The highest BCUT2D eigenvalue weighted by Gasteiger charge is 2.43. The molecule has 2 aliphatic rings. The molecule has 3 nitrogen and oxygen atoms in total. The number of fused-ring (bicyclic) bond motifs is 2. The number of nitrogens with zero attached hydrogens (tertiary/aromatic N) is 1. The van der Waals surface area contributed by atoms with E-state index in [1.165, 1.54) is 32.1 Å². The van der Waals surface area contributed by atoms with E-state index in [4.69, 9.17) is 4.52 Å². The second kappa shape index (κ2) is 6.88. The standard InChI is InChI=1S/C21H27BrN2O/c1-14-7-16-8-15(2)11-21(10-14,12-16)23-13-17-9-20(25-24-17)18-5-3-4-6-19(18)22/h3-6,9,14-16,23H,7-8,10-13H2,1-2H3. The van der Waals surface area contributed by atoms with Crippen molar-refractivity contribution in [1.29, 1.82) is 0 Å². The summed E-state index contributed by atoms with van der Waals surface area (Å²) in [6, 6.07) is 10.2. The Morgan fingerprint density at radius 2 is 1.88 bits per heavy atom. The summed E-state index contributed by atoms with van der Waals surface area (Å²) in [7, 11) is 0. The summed E-state index contributed by atoms with van der Waals surface area (Å²) in [6.07, 6.45) is 6.73. The van der Waals surface area contributed by atoms with Crippen molar-refractivity contribution >= 4 is 15.9 Å². The van der Waals surface area contributed by atoms with E-state index in [-0.39, 0.29) is 0 Å². The SMILES string of the molecule is CC1CC2CC(C)CC(NCc3cc(-c4ccccc4Br)on3)(C1)C2. The van der Waals surface area contributed by atoms with Crippen LogP contribution in [0.4, 0.5) is 0 Å². The van der Waals surface area contributed by atoms with Crippen molar-refractivity contribution in [3.63, 3.8) is 0 Å². The Bertz CT molecular complexity index is 721. The van der Waals surface area contributed by atoms with Gasteiger partial charge in [-0.25, -0.2) is 0 Å². The van der Waals surface area contributed by atoms with E-state index in [0.717, 1.165) is 45.8 Å². The molecule has 2 aromatic rings. The van der Waals surface area contributed by atoms with Crippen molar-refractivity contribution in [2.24, 2.45) is 17.8 Å². The Hall–Kier alpha value is -1.13. The van der Waals surface area contributed by atoms with Gasteiger partial charge in [0.05, 0.1) is 5.69 Å². The Balaban J connectivity index is 1.47. The molecule has 134 valence electrons. The van der Waals surface area contributed by atoms with Crippen LogP contribution in [0.3, 0.4) is 0 Å². The van der Waals surface area contributed by atoms with Crippen molar-refractivity contribution in [2.75, 3.05) is 0 Å². The molecule has 25 heavy (non-hydrogen) atoms. The van der Waals surface area contributed by atoms with E-state index in [9.17, 15) is 0 Å². The van der Waals surface area contributed by atoms with Gasteiger partial charge < -0.3 is 9.84 Å². The molecular formula is C21H27BrN2O. The van der Waals surface area contributed by atoms with Gasteiger partial charge in [-0.1, -0.05) is 47.1 Å². The fourth-order valence-corrected chi connectivity index (χ4v) is 5.86. The molecule has 0 spiro atoms. The summed E-state index contributed by atoms with van der Waals surface area (Å²) < 4.78 is 6.63. The average molecular weight is 403 g/mol. The van der Waals surface area contributed by atoms with Gasteiger partial charge in [0, 0.05) is 28.2 Å². The fourth-order valence-electron chi connectivity index (χ4n) is 5.38. The van der Waals surface area contributed by atoms with Crippen LogP contribution in [0.15, 0.2) is 39.3 Å². The first-order chi connectivity index (χ1) is 12.0. The van der Waals surface area contributed by atoms with E-state index in [0.29, 0.717) is 5.54 Å². The number of aromatic nitrogens is 1. The maximum Gasteiger partial charge on any atom is 0.168 e. The maximum atomic E-state index is 5.60. The molecule has 4 rings (SSSR count). The fraction of sp³-hybridized carbons (Fsp3) is 0.571. The third kappa shape index (κ3) is 3.70. The van der Waals surface area contributed by atoms with Gasteiger partial charge in [-0.15, -0.1) is 0 Å². The lowest BCUT2D eigenvalue weighted by molar-refractivity contribution is 0.0538. The predicted octanol–water partition coefficient (Wildman–Crippen LogP) is 5.80. The molecule has 2 bridgehead atoms. The van der Waals surface area contributed by atoms with Gasteiger partial charge in [0.15, 0.2) is 5.76 Å². The number of hydrogen-bond donors (Lipinski definition) is 1. The topological polar surface area (TPSA) is 38.1 Å². The Morgan fingerprint density at radius 1 is 1.16 bits per heavy atom. The van der Waals surface area contributed by atoms with Crippen molar-refractivity contribution in [2.45, 2.75) is 58.0 Å². The van der Waals surface area contributed by atoms with E-state index >= 15 is 0 Å². The van der Waals surface area contributed by atoms with Gasteiger partial charge in [-0.2, -0.15) is 0 Å². The first-order valence-electron chi connectivity index (χ1n) is 9.48. The molecule has 1 aromatic heterocycles. The molecule has 2 aliphatic carbocycles. The van der Waals surface area contributed by atoms with Crippen molar-refractivity contribution in [3.05, 3.63) is 40.5 Å². The van der Waals surface area contributed by atoms with E-state index in [1.54, 1.807) is 0 Å². The van der Waals surface area contributed by atoms with Gasteiger partial charge in [-0.3, -0.25) is 0 Å². The van der Waals surface area contributed by atoms with Crippen LogP contribution in [0.5, 0.6) is 0 Å². The smallest absolute Gasteiger partial charge is 0.168 e. The van der Waals surface area contributed by atoms with Crippen LogP contribution in [0.1, 0.15) is 51.6 Å². The first kappa shape index (κ1) is 17.3. The monoisotopic (exact) mass is 402 g/mol. The minimum Gasteiger partial charge on any atom is -0.356 e. The molecule has 2 unspecified atom stereocenters. The lowest BCUT2D eigenvalue weighted by atomic mass is 9.61. The summed E-state index contributed by atoms with van der Waals surface area (Å²) in [5.41, 5.74) is 2.34. The number of halogens is 1. The number of hydrogen-bond acceptors (Lipinski definition) is 3. The quantitative estimate of drug-likeness (QED) is 0.701. The zero-order valence-electron chi connectivity index (χ0n) is 15.1. The van der Waals surface area contributed by atoms with Crippen molar-refractivity contribution in [3.8, 4) is 11.3 Å². The number of nitrogens with one attached hydrogen (secondary N) is 1. The summed E-state index contributed by atoms with van der Waals surface area (Å²) in [5.74, 6) is 3.38. The van der Waals surface area contributed by atoms with Crippen molar-refractivity contribution in [1.82, 2.24) is 10.5 Å². The highest BCUT2D eigenvalue weighted by Crippen LogP contribution is 2.47. The van der Waals surface area contributed by atoms with Gasteiger partial charge in [0.1, 0.15) is 0 Å². The lowest BCUT2D eigenvalue weighted by Gasteiger charge is -2.50. The Kier molecular flexibility index (Phi) is 4.76. The summed E-state index contributed by atoms with van der Waals surface area (Å²) >= 11 is 3.59. The van der Waals surface area contributed by atoms with Crippen LogP contribution in [0.2, 0.25) is 0 Å². The Morgan fingerprint density at radius 3 is 2.60 bits per heavy atom. The molecule has 1 N–H and O–H groups in total. The predicted molar refractivity (Wildman–Crippen MR) is 104 cm³/mol. The highest BCUT2D eigenvalue weighted by molar-refractivity contribution is 9.10. The van der Waals surface area contributed by atoms with Crippen LogP contribution in [-0.4, -0.2) is 10.7 Å². The third-order valence-electron chi connectivity index (χ3n) is 5.97. The minimum absolute atomic E-state index is 0.298. The van der Waals surface area contributed by atoms with E-state index < -0.39 is 0 Å². The summed E-state index contributed by atoms with van der Waals surface area (Å²) in [4.78, 5) is 0. The van der Waals surface area contributed by atoms with Gasteiger partial charge in [-0.05, 0) is 62.0 Å². The molecule has 2 atom stereocenters.